The fourth-order valence-electron chi connectivity index (χ4n) is 5.08. The van der Waals surface area contributed by atoms with Gasteiger partial charge in [0.15, 0.2) is 0 Å². The molecule has 0 aromatic carbocycles. The van der Waals surface area contributed by atoms with Crippen LogP contribution in [-0.2, 0) is 0 Å². The molecule has 0 spiro atoms. The van der Waals surface area contributed by atoms with Crippen molar-refractivity contribution in [3.05, 3.63) is 155 Å². The lowest BCUT2D eigenvalue weighted by molar-refractivity contribution is 0.0131. The predicted octanol–water partition coefficient (Wildman–Crippen LogP) is 12.4. The van der Waals surface area contributed by atoms with E-state index in [0.717, 1.165) is 33.4 Å². The Labute approximate surface area is 331 Å². The predicted molar refractivity (Wildman–Crippen MR) is 237 cm³/mol. The molecule has 4 nitrogen and oxygen atoms in total. The monoisotopic (exact) mass is 741 g/mol. The SMILES string of the molecule is CC(=C/C=C/C(C)=C/C=C/C(C)=C/C=C/C=C(C)/C=C/C=C(C)/C=C/C=C(C)/C=C/[C@H](CCC(C)(C)O)C(C)(C)O)/C=C/[C@H](CCC(C)(C)O)C(C)(C)O. The second kappa shape index (κ2) is 24.8. The zero-order chi connectivity index (χ0) is 41.6. The van der Waals surface area contributed by atoms with Crippen LogP contribution < -0.4 is 0 Å². The van der Waals surface area contributed by atoms with Crippen molar-refractivity contribution in [2.24, 2.45) is 11.8 Å². The number of aliphatic hydroxyl groups is 4. The number of hydrogen-bond acceptors (Lipinski definition) is 4. The molecule has 0 aromatic heterocycles. The molecular weight excluding hydrogens is 665 g/mol. The van der Waals surface area contributed by atoms with E-state index in [0.29, 0.717) is 25.7 Å². The van der Waals surface area contributed by atoms with Crippen LogP contribution in [0.5, 0.6) is 0 Å². The van der Waals surface area contributed by atoms with Gasteiger partial charge >= 0.3 is 0 Å². The molecule has 0 amide bonds. The van der Waals surface area contributed by atoms with Gasteiger partial charge in [0.1, 0.15) is 0 Å². The van der Waals surface area contributed by atoms with Crippen molar-refractivity contribution < 1.29 is 20.4 Å². The van der Waals surface area contributed by atoms with Crippen LogP contribution in [0.4, 0.5) is 0 Å². The van der Waals surface area contributed by atoms with Crippen molar-refractivity contribution in [2.45, 2.75) is 145 Å². The Balaban J connectivity index is 5.09. The average Bonchev–Trinajstić information content (AvgIpc) is 3.00. The highest BCUT2D eigenvalue weighted by Crippen LogP contribution is 2.28. The van der Waals surface area contributed by atoms with E-state index in [9.17, 15) is 20.4 Å². The number of rotatable bonds is 22. The molecule has 0 aliphatic heterocycles. The fourth-order valence-corrected chi connectivity index (χ4v) is 5.08. The molecule has 0 heterocycles. The van der Waals surface area contributed by atoms with E-state index >= 15 is 0 Å². The first kappa shape index (κ1) is 50.5. The minimum Gasteiger partial charge on any atom is -0.390 e. The van der Waals surface area contributed by atoms with E-state index in [2.05, 4.69) is 113 Å². The fraction of sp³-hybridized carbons (Fsp3) is 0.480. The van der Waals surface area contributed by atoms with Gasteiger partial charge in [-0.2, -0.15) is 0 Å². The summed E-state index contributed by atoms with van der Waals surface area (Å²) in [6, 6.07) is 0. The summed E-state index contributed by atoms with van der Waals surface area (Å²) in [5.74, 6) is -0.0768. The lowest BCUT2D eigenvalue weighted by Gasteiger charge is -2.29. The van der Waals surface area contributed by atoms with Gasteiger partial charge in [0.2, 0.25) is 0 Å². The molecule has 0 rings (SSSR count). The minimum atomic E-state index is -0.848. The molecule has 300 valence electrons. The molecule has 4 heteroatoms. The molecule has 0 aliphatic carbocycles. The molecule has 4 N–H and O–H groups in total. The van der Waals surface area contributed by atoms with Crippen molar-refractivity contribution in [3.8, 4) is 0 Å². The molecule has 0 saturated carbocycles. The quantitative estimate of drug-likeness (QED) is 0.0833. The van der Waals surface area contributed by atoms with E-state index < -0.39 is 22.4 Å². The largest absolute Gasteiger partial charge is 0.390 e. The van der Waals surface area contributed by atoms with Crippen molar-refractivity contribution in [2.75, 3.05) is 0 Å². The van der Waals surface area contributed by atoms with Crippen LogP contribution >= 0.6 is 0 Å². The molecule has 54 heavy (non-hydrogen) atoms. The van der Waals surface area contributed by atoms with Crippen molar-refractivity contribution in [3.63, 3.8) is 0 Å². The first-order valence-corrected chi connectivity index (χ1v) is 19.5. The molecule has 0 saturated heterocycles. The van der Waals surface area contributed by atoms with E-state index in [1.165, 1.54) is 0 Å². The summed E-state index contributed by atoms with van der Waals surface area (Å²) in [7, 11) is 0. The molecule has 0 fully saturated rings. The Morgan fingerprint density at radius 1 is 0.370 bits per heavy atom. The van der Waals surface area contributed by atoms with Gasteiger partial charge in [-0.3, -0.25) is 0 Å². The Morgan fingerprint density at radius 2 is 0.593 bits per heavy atom. The topological polar surface area (TPSA) is 80.9 Å². The number of allylic oxidation sites excluding steroid dienone is 24. The van der Waals surface area contributed by atoms with Gasteiger partial charge in [0, 0.05) is 11.8 Å². The van der Waals surface area contributed by atoms with E-state index in [4.69, 9.17) is 0 Å². The second-order valence-electron chi connectivity index (χ2n) is 17.2. The summed E-state index contributed by atoms with van der Waals surface area (Å²) in [5.41, 5.74) is 3.60. The Bertz CT molecular complexity index is 1410. The Hall–Kier alpha value is -3.54. The van der Waals surface area contributed by atoms with Crippen LogP contribution in [0.25, 0.3) is 0 Å². The maximum atomic E-state index is 10.6. The zero-order valence-corrected chi connectivity index (χ0v) is 36.3. The molecule has 2 atom stereocenters. The van der Waals surface area contributed by atoms with E-state index in [1.807, 2.05) is 78.0 Å². The molecule has 0 unspecified atom stereocenters. The lowest BCUT2D eigenvalue weighted by atomic mass is 9.83. The van der Waals surface area contributed by atoms with Gasteiger partial charge in [0.05, 0.1) is 22.4 Å². The smallest absolute Gasteiger partial charge is 0.0654 e. The van der Waals surface area contributed by atoms with Crippen LogP contribution in [0.15, 0.2) is 155 Å². The van der Waals surface area contributed by atoms with Gasteiger partial charge in [-0.1, -0.05) is 155 Å². The van der Waals surface area contributed by atoms with Crippen molar-refractivity contribution in [1.29, 1.82) is 0 Å². The third kappa shape index (κ3) is 28.9. The summed E-state index contributed by atoms with van der Waals surface area (Å²) in [6.07, 6.45) is 44.0. The summed E-state index contributed by atoms with van der Waals surface area (Å²) in [6.45, 7) is 26.9. The molecule has 0 aliphatic rings. The third-order valence-electron chi connectivity index (χ3n) is 8.83. The summed E-state index contributed by atoms with van der Waals surface area (Å²) >= 11 is 0. The van der Waals surface area contributed by atoms with Crippen LogP contribution in [0.1, 0.15) is 123 Å². The third-order valence-corrected chi connectivity index (χ3v) is 8.83. The Kier molecular flexibility index (Phi) is 23.2. The second-order valence-corrected chi connectivity index (χ2v) is 17.2. The molecule has 0 aromatic rings. The first-order chi connectivity index (χ1) is 24.8. The van der Waals surface area contributed by atoms with Crippen molar-refractivity contribution >= 4 is 0 Å². The highest BCUT2D eigenvalue weighted by atomic mass is 16.3. The summed E-state index contributed by atoms with van der Waals surface area (Å²) in [4.78, 5) is 0. The van der Waals surface area contributed by atoms with Crippen molar-refractivity contribution in [1.82, 2.24) is 0 Å². The van der Waals surface area contributed by atoms with Crippen LogP contribution in [0, 0.1) is 11.8 Å². The normalized spacial score (nSPS) is 17.4. The Morgan fingerprint density at radius 3 is 0.815 bits per heavy atom. The highest BCUT2D eigenvalue weighted by Gasteiger charge is 2.27. The van der Waals surface area contributed by atoms with E-state index in [-0.39, 0.29) is 11.8 Å². The molecular formula is C50H76O4. The van der Waals surface area contributed by atoms with Gasteiger partial charge in [-0.15, -0.1) is 0 Å². The molecule has 0 bridgehead atoms. The first-order valence-electron chi connectivity index (χ1n) is 19.5. The average molecular weight is 741 g/mol. The van der Waals surface area contributed by atoms with Crippen LogP contribution in [0.3, 0.4) is 0 Å². The number of hydrogen-bond donors (Lipinski definition) is 4. The van der Waals surface area contributed by atoms with Gasteiger partial charge in [-0.25, -0.2) is 0 Å². The van der Waals surface area contributed by atoms with Gasteiger partial charge in [-0.05, 0) is 123 Å². The standard InChI is InChI=1S/C50H76O4/c1-39(23-17-25-41(3)27-19-29-43(5)31-33-45(49(11,12)53)35-37-47(7,8)51)21-15-16-22-40(2)24-18-26-42(4)28-20-30-44(6)32-34-46(50(13,14)54)36-38-48(9,10)52/h15-34,45-46,51-54H,35-38H2,1-14H3/b16-15+,23-17+,24-18+,27-19+,28-20+,33-31+,34-32+,39-21+,40-22+,41-25+,42-26+,43-29-,44-30+/t45-,46-/m1/s1. The lowest BCUT2D eigenvalue weighted by Crippen LogP contribution is -2.31. The zero-order valence-electron chi connectivity index (χ0n) is 36.3. The summed E-state index contributed by atoms with van der Waals surface area (Å²) < 4.78 is 0. The minimum absolute atomic E-state index is 0.0384. The van der Waals surface area contributed by atoms with Crippen LogP contribution in [0.2, 0.25) is 0 Å². The highest BCUT2D eigenvalue weighted by molar-refractivity contribution is 5.33. The molecule has 0 radical (unpaired) electrons. The van der Waals surface area contributed by atoms with E-state index in [1.54, 1.807) is 27.7 Å². The van der Waals surface area contributed by atoms with Gasteiger partial charge < -0.3 is 20.4 Å². The maximum absolute atomic E-state index is 10.6. The maximum Gasteiger partial charge on any atom is 0.0654 e. The summed E-state index contributed by atoms with van der Waals surface area (Å²) in [5, 5.41) is 41.3. The van der Waals surface area contributed by atoms with Gasteiger partial charge in [0.25, 0.3) is 0 Å². The van der Waals surface area contributed by atoms with Crippen LogP contribution in [-0.4, -0.2) is 42.8 Å².